The van der Waals surface area contributed by atoms with Gasteiger partial charge in [-0.05, 0) is 38.5 Å². The number of amides is 2. The molecule has 2 amide bonds. The normalized spacial score (nSPS) is 11.8. The topological polar surface area (TPSA) is 117 Å². The first-order valence-corrected chi connectivity index (χ1v) is 6.96. The van der Waals surface area contributed by atoms with Crippen molar-refractivity contribution in [3.8, 4) is 0 Å². The van der Waals surface area contributed by atoms with Crippen molar-refractivity contribution in [1.29, 1.82) is 0 Å². The molecule has 0 atom stereocenters. The van der Waals surface area contributed by atoms with Gasteiger partial charge in [0.15, 0.2) is 0 Å². The molecule has 0 aliphatic rings. The summed E-state index contributed by atoms with van der Waals surface area (Å²) in [5, 5.41) is 11.0. The molecular weight excluding hydrogens is 300 g/mol. The lowest BCUT2D eigenvalue weighted by Gasteiger charge is -2.22. The summed E-state index contributed by atoms with van der Waals surface area (Å²) in [5.41, 5.74) is 6.38. The Morgan fingerprint density at radius 1 is 1.30 bits per heavy atom. The third-order valence-corrected chi connectivity index (χ3v) is 2.69. The minimum atomic E-state index is -1.34. The average Bonchev–Trinajstić information content (AvgIpc) is 2.43. The highest BCUT2D eigenvalue weighted by Gasteiger charge is 2.19. The number of anilines is 1. The first-order chi connectivity index (χ1) is 10.6. The quantitative estimate of drug-likeness (QED) is 0.567. The lowest BCUT2D eigenvalue weighted by Crippen LogP contribution is -2.42. The van der Waals surface area contributed by atoms with Crippen LogP contribution >= 0.6 is 0 Å². The van der Waals surface area contributed by atoms with E-state index in [-0.39, 0.29) is 5.96 Å². The van der Waals surface area contributed by atoms with E-state index in [2.05, 4.69) is 10.3 Å². The summed E-state index contributed by atoms with van der Waals surface area (Å²) in [7, 11) is 1.58. The predicted octanol–water partition coefficient (Wildman–Crippen LogP) is 2.14. The zero-order valence-electron chi connectivity index (χ0n) is 13.7. The largest absolute Gasteiger partial charge is 0.465 e. The molecule has 8 nitrogen and oxygen atoms in total. The molecule has 23 heavy (non-hydrogen) atoms. The Balaban J connectivity index is 3.03. The molecule has 1 rings (SSSR count). The minimum Gasteiger partial charge on any atom is -0.465 e. The lowest BCUT2D eigenvalue weighted by molar-refractivity contribution is 0.0603. The number of carboxylic acid groups (broad SMARTS) is 1. The molecule has 8 heteroatoms. The third kappa shape index (κ3) is 6.35. The first-order valence-electron chi connectivity index (χ1n) is 6.96. The van der Waals surface area contributed by atoms with Gasteiger partial charge in [0.2, 0.25) is 5.96 Å². The van der Waals surface area contributed by atoms with Crippen LogP contribution in [0.4, 0.5) is 15.3 Å². The number of nitrogens with one attached hydrogen (secondary N) is 1. The van der Waals surface area contributed by atoms with Crippen molar-refractivity contribution in [2.45, 2.75) is 32.9 Å². The smallest absolute Gasteiger partial charge is 0.437 e. The number of carbonyl (C=O) groups is 2. The van der Waals surface area contributed by atoms with Crippen molar-refractivity contribution >= 4 is 23.8 Å². The maximum absolute atomic E-state index is 11.8. The molecule has 0 aliphatic carbocycles. The van der Waals surface area contributed by atoms with Gasteiger partial charge in [0, 0.05) is 19.3 Å². The van der Waals surface area contributed by atoms with E-state index >= 15 is 0 Å². The molecule has 126 valence electrons. The van der Waals surface area contributed by atoms with Gasteiger partial charge in [0.1, 0.15) is 5.60 Å². The zero-order valence-corrected chi connectivity index (χ0v) is 13.7. The number of aliphatic imine (C=N–C) groups is 1. The second-order valence-corrected chi connectivity index (χ2v) is 5.78. The summed E-state index contributed by atoms with van der Waals surface area (Å²) < 4.78 is 5.07. The van der Waals surface area contributed by atoms with Crippen LogP contribution in [0.25, 0.3) is 0 Å². The number of ether oxygens (including phenoxy) is 1. The molecule has 0 radical (unpaired) electrons. The van der Waals surface area contributed by atoms with Crippen molar-refractivity contribution in [2.24, 2.45) is 10.7 Å². The molecule has 0 saturated heterocycles. The molecule has 0 bridgehead atoms. The Labute approximate surface area is 134 Å². The van der Waals surface area contributed by atoms with Gasteiger partial charge >= 0.3 is 12.2 Å². The van der Waals surface area contributed by atoms with Gasteiger partial charge in [-0.2, -0.15) is 0 Å². The molecule has 0 aliphatic heterocycles. The van der Waals surface area contributed by atoms with Crippen LogP contribution < -0.4 is 16.0 Å². The van der Waals surface area contributed by atoms with Crippen molar-refractivity contribution in [3.63, 3.8) is 0 Å². The van der Waals surface area contributed by atoms with Crippen LogP contribution in [-0.4, -0.2) is 35.9 Å². The van der Waals surface area contributed by atoms with Crippen LogP contribution in [0.1, 0.15) is 26.3 Å². The van der Waals surface area contributed by atoms with Gasteiger partial charge < -0.3 is 20.5 Å². The van der Waals surface area contributed by atoms with E-state index in [4.69, 9.17) is 15.6 Å². The first kappa shape index (κ1) is 18.4. The highest BCUT2D eigenvalue weighted by atomic mass is 16.6. The fourth-order valence-electron chi connectivity index (χ4n) is 1.63. The monoisotopic (exact) mass is 322 g/mol. The van der Waals surface area contributed by atoms with Gasteiger partial charge in [-0.3, -0.25) is 5.32 Å². The Morgan fingerprint density at radius 2 is 1.87 bits per heavy atom. The van der Waals surface area contributed by atoms with Crippen molar-refractivity contribution in [2.75, 3.05) is 11.9 Å². The van der Waals surface area contributed by atoms with Crippen molar-refractivity contribution in [3.05, 3.63) is 29.8 Å². The molecule has 0 unspecified atom stereocenters. The van der Waals surface area contributed by atoms with E-state index in [1.165, 1.54) is 4.90 Å². The second kappa shape index (κ2) is 7.59. The molecule has 0 fully saturated rings. The van der Waals surface area contributed by atoms with E-state index in [9.17, 15) is 9.59 Å². The van der Waals surface area contributed by atoms with Crippen LogP contribution in [0.5, 0.6) is 0 Å². The Morgan fingerprint density at radius 3 is 2.30 bits per heavy atom. The van der Waals surface area contributed by atoms with Gasteiger partial charge in [-0.25, -0.2) is 9.59 Å². The number of hydrogen-bond donors (Lipinski definition) is 3. The van der Waals surface area contributed by atoms with Crippen LogP contribution in [-0.2, 0) is 11.3 Å². The number of rotatable bonds is 2. The highest BCUT2D eigenvalue weighted by Crippen LogP contribution is 2.14. The molecular formula is C15H22N4O4. The molecule has 1 aromatic carbocycles. The lowest BCUT2D eigenvalue weighted by atomic mass is 10.2. The van der Waals surface area contributed by atoms with Crippen LogP contribution in [0, 0.1) is 0 Å². The number of nitrogens with two attached hydrogens (primary N) is 1. The average molecular weight is 322 g/mol. The Hall–Kier alpha value is -2.61. The fourth-order valence-corrected chi connectivity index (χ4v) is 1.63. The molecule has 0 saturated carbocycles. The standard InChI is InChI=1S/C15H22N4O4/c1-15(2,3)23-14(22)18-12(17-13(20)21)19(4)11-7-5-10(9-16)6-8-11/h5-8H,9,16H2,1-4H3,(H,20,21)(H,17,18,22). The van der Waals surface area contributed by atoms with Crippen LogP contribution in [0.3, 0.4) is 0 Å². The van der Waals surface area contributed by atoms with Gasteiger partial charge in [-0.1, -0.05) is 12.1 Å². The SMILES string of the molecule is CN(C(=NC(=O)OC(C)(C)C)NC(=O)O)c1ccc(CN)cc1. The Bertz CT molecular complexity index is 590. The second-order valence-electron chi connectivity index (χ2n) is 5.78. The Kier molecular flexibility index (Phi) is 6.09. The maximum atomic E-state index is 11.8. The van der Waals surface area contributed by atoms with Crippen molar-refractivity contribution < 1.29 is 19.4 Å². The summed E-state index contributed by atoms with van der Waals surface area (Å²) in [4.78, 5) is 27.8. The number of benzene rings is 1. The summed E-state index contributed by atoms with van der Waals surface area (Å²) in [5.74, 6) is -0.160. The predicted molar refractivity (Wildman–Crippen MR) is 87.6 cm³/mol. The maximum Gasteiger partial charge on any atom is 0.437 e. The van der Waals surface area contributed by atoms with Crippen molar-refractivity contribution in [1.82, 2.24) is 5.32 Å². The summed E-state index contributed by atoms with van der Waals surface area (Å²) >= 11 is 0. The summed E-state index contributed by atoms with van der Waals surface area (Å²) in [6.45, 7) is 5.48. The highest BCUT2D eigenvalue weighted by molar-refractivity contribution is 6.06. The number of nitrogens with zero attached hydrogens (tertiary/aromatic N) is 2. The summed E-state index contributed by atoms with van der Waals surface area (Å²) in [6, 6.07) is 7.10. The third-order valence-electron chi connectivity index (χ3n) is 2.69. The molecule has 1 aromatic rings. The van der Waals surface area contributed by atoms with Gasteiger partial charge in [0.05, 0.1) is 0 Å². The molecule has 0 heterocycles. The number of guanidine groups is 1. The molecule has 4 N–H and O–H groups in total. The van der Waals surface area contributed by atoms with Crippen LogP contribution in [0.15, 0.2) is 29.3 Å². The number of hydrogen-bond acceptors (Lipinski definition) is 4. The van der Waals surface area contributed by atoms with E-state index in [0.717, 1.165) is 5.56 Å². The molecule has 0 aromatic heterocycles. The number of carbonyl (C=O) groups excluding carboxylic acids is 1. The van der Waals surface area contributed by atoms with Crippen LogP contribution in [0.2, 0.25) is 0 Å². The van der Waals surface area contributed by atoms with Gasteiger partial charge in [-0.15, -0.1) is 4.99 Å². The van der Waals surface area contributed by atoms with E-state index < -0.39 is 17.8 Å². The summed E-state index contributed by atoms with van der Waals surface area (Å²) in [6.07, 6.45) is -2.22. The fraction of sp³-hybridized carbons (Fsp3) is 0.400. The van der Waals surface area contributed by atoms with E-state index in [0.29, 0.717) is 12.2 Å². The van der Waals surface area contributed by atoms with E-state index in [1.807, 2.05) is 0 Å². The zero-order chi connectivity index (χ0) is 17.6. The van der Waals surface area contributed by atoms with Gasteiger partial charge in [0.25, 0.3) is 0 Å². The van der Waals surface area contributed by atoms with E-state index in [1.54, 1.807) is 52.1 Å². The minimum absolute atomic E-state index is 0.160. The molecule has 0 spiro atoms.